The molecule has 0 aromatic carbocycles. The summed E-state index contributed by atoms with van der Waals surface area (Å²) in [7, 11) is 0. The molecule has 0 aliphatic heterocycles. The van der Waals surface area contributed by atoms with Crippen molar-refractivity contribution in [2.24, 2.45) is 0 Å². The third-order valence-corrected chi connectivity index (χ3v) is 12.0. The lowest BCUT2D eigenvalue weighted by atomic mass is 10.0. The van der Waals surface area contributed by atoms with E-state index in [4.69, 9.17) is 14.2 Å². The van der Waals surface area contributed by atoms with Gasteiger partial charge in [0.15, 0.2) is 6.10 Å². The summed E-state index contributed by atoms with van der Waals surface area (Å²) >= 11 is 0. The summed E-state index contributed by atoms with van der Waals surface area (Å²) in [6.07, 6.45) is 66.5. The number of ether oxygens (including phenoxy) is 3. The average molecular weight is 909 g/mol. The van der Waals surface area contributed by atoms with Crippen LogP contribution < -0.4 is 0 Å². The van der Waals surface area contributed by atoms with Crippen molar-refractivity contribution in [2.45, 2.75) is 284 Å². The van der Waals surface area contributed by atoms with Crippen LogP contribution in [0.4, 0.5) is 0 Å². The molecule has 0 spiro atoms. The number of hydrogen-bond acceptors (Lipinski definition) is 6. The molecule has 6 heteroatoms. The van der Waals surface area contributed by atoms with E-state index in [1.54, 1.807) is 0 Å². The van der Waals surface area contributed by atoms with Crippen LogP contribution >= 0.6 is 0 Å². The molecular weight excluding hydrogens is 805 g/mol. The fraction of sp³-hybridized carbons (Fsp3) is 0.780. The second-order valence-corrected chi connectivity index (χ2v) is 18.5. The van der Waals surface area contributed by atoms with Gasteiger partial charge in [-0.1, -0.05) is 248 Å². The van der Waals surface area contributed by atoms with Crippen molar-refractivity contribution in [3.8, 4) is 0 Å². The normalized spacial score (nSPS) is 12.5. The molecule has 0 aromatic rings. The largest absolute Gasteiger partial charge is 0.462 e. The van der Waals surface area contributed by atoms with Crippen molar-refractivity contribution in [3.63, 3.8) is 0 Å². The average Bonchev–Trinajstić information content (AvgIpc) is 3.30. The van der Waals surface area contributed by atoms with Crippen LogP contribution in [0.2, 0.25) is 0 Å². The zero-order valence-electron chi connectivity index (χ0n) is 43.0. The van der Waals surface area contributed by atoms with Crippen LogP contribution in [-0.4, -0.2) is 37.2 Å². The molecule has 0 bridgehead atoms. The number of allylic oxidation sites excluding steroid dienone is 10. The number of esters is 3. The van der Waals surface area contributed by atoms with E-state index in [1.807, 2.05) is 6.08 Å². The van der Waals surface area contributed by atoms with E-state index in [1.165, 1.54) is 161 Å². The van der Waals surface area contributed by atoms with Gasteiger partial charge in [-0.25, -0.2) is 0 Å². The molecule has 6 nitrogen and oxygen atoms in total. The van der Waals surface area contributed by atoms with Gasteiger partial charge in [0.2, 0.25) is 0 Å². The molecule has 65 heavy (non-hydrogen) atoms. The van der Waals surface area contributed by atoms with E-state index >= 15 is 0 Å². The van der Waals surface area contributed by atoms with Gasteiger partial charge in [0.25, 0.3) is 0 Å². The summed E-state index contributed by atoms with van der Waals surface area (Å²) in [5.41, 5.74) is 0. The minimum atomic E-state index is -0.796. The van der Waals surface area contributed by atoms with Crippen LogP contribution in [0.15, 0.2) is 60.8 Å². The molecule has 0 heterocycles. The van der Waals surface area contributed by atoms with Crippen molar-refractivity contribution >= 4 is 17.9 Å². The predicted octanol–water partition coefficient (Wildman–Crippen LogP) is 18.4. The number of carbonyl (C=O) groups is 3. The number of unbranched alkanes of at least 4 members (excludes halogenated alkanes) is 29. The van der Waals surface area contributed by atoms with Crippen LogP contribution in [0.3, 0.4) is 0 Å². The van der Waals surface area contributed by atoms with E-state index in [-0.39, 0.29) is 37.5 Å². The molecular formula is C59H104O6. The van der Waals surface area contributed by atoms with Gasteiger partial charge < -0.3 is 14.2 Å². The fourth-order valence-corrected chi connectivity index (χ4v) is 7.86. The summed E-state index contributed by atoms with van der Waals surface area (Å²) in [6.45, 7) is 6.49. The summed E-state index contributed by atoms with van der Waals surface area (Å²) in [4.78, 5) is 38.0. The van der Waals surface area contributed by atoms with Crippen LogP contribution in [0.5, 0.6) is 0 Å². The Bertz CT molecular complexity index is 1180. The molecule has 376 valence electrons. The Labute approximate surface area is 402 Å². The maximum atomic E-state index is 12.8. The minimum Gasteiger partial charge on any atom is -0.462 e. The van der Waals surface area contributed by atoms with Crippen molar-refractivity contribution in [3.05, 3.63) is 60.8 Å². The lowest BCUT2D eigenvalue weighted by molar-refractivity contribution is -0.166. The van der Waals surface area contributed by atoms with E-state index < -0.39 is 6.10 Å². The van der Waals surface area contributed by atoms with E-state index in [0.29, 0.717) is 19.3 Å². The topological polar surface area (TPSA) is 78.9 Å². The van der Waals surface area contributed by atoms with Crippen LogP contribution in [0, 0.1) is 0 Å². The van der Waals surface area contributed by atoms with Crippen LogP contribution in [0.25, 0.3) is 0 Å². The van der Waals surface area contributed by atoms with Crippen molar-refractivity contribution in [1.29, 1.82) is 0 Å². The van der Waals surface area contributed by atoms with E-state index in [0.717, 1.165) is 70.6 Å². The van der Waals surface area contributed by atoms with Gasteiger partial charge in [-0.15, -0.1) is 0 Å². The molecule has 1 unspecified atom stereocenters. The lowest BCUT2D eigenvalue weighted by Crippen LogP contribution is -2.30. The highest BCUT2D eigenvalue weighted by atomic mass is 16.6. The quantitative estimate of drug-likeness (QED) is 0.0262. The first kappa shape index (κ1) is 62.1. The zero-order valence-corrected chi connectivity index (χ0v) is 43.0. The van der Waals surface area contributed by atoms with Gasteiger partial charge in [0, 0.05) is 19.3 Å². The Balaban J connectivity index is 4.39. The molecule has 0 saturated carbocycles. The van der Waals surface area contributed by atoms with Gasteiger partial charge in [0.1, 0.15) is 13.2 Å². The van der Waals surface area contributed by atoms with E-state index in [9.17, 15) is 14.4 Å². The molecule has 0 fully saturated rings. The molecule has 0 radical (unpaired) electrons. The Morgan fingerprint density at radius 1 is 0.323 bits per heavy atom. The highest BCUT2D eigenvalue weighted by Gasteiger charge is 2.19. The molecule has 0 aromatic heterocycles. The highest BCUT2D eigenvalue weighted by molar-refractivity contribution is 5.71. The smallest absolute Gasteiger partial charge is 0.306 e. The molecule has 1 atom stereocenters. The Morgan fingerprint density at radius 3 is 1.03 bits per heavy atom. The summed E-state index contributed by atoms with van der Waals surface area (Å²) in [5, 5.41) is 0. The fourth-order valence-electron chi connectivity index (χ4n) is 7.86. The third-order valence-electron chi connectivity index (χ3n) is 12.0. The molecule has 0 amide bonds. The lowest BCUT2D eigenvalue weighted by Gasteiger charge is -2.18. The standard InChI is InChI=1S/C59H104O6/c1-4-7-10-13-16-19-22-25-27-28-29-30-32-34-37-40-43-46-49-52-58(61)64-55-56(54-63-57(60)51-48-45-42-39-36-33-24-21-18-15-12-9-6-3)65-59(62)53-50-47-44-41-38-35-31-26-23-20-17-14-11-8-5-2/h7,10,16,19,25,27,33,36,42,45,56H,4-6,8-9,11-15,17-18,20-24,26,28-32,34-35,37-41,43-44,46-55H2,1-3H3/b10-7+,19-16+,27-25+,36-33+,45-42+. The van der Waals surface area contributed by atoms with Gasteiger partial charge in [-0.2, -0.15) is 0 Å². The monoisotopic (exact) mass is 909 g/mol. The SMILES string of the molecule is CC/C=C/C/C=C/C/C=C/CCCCCCCCCCCC(=O)OCC(COC(=O)CC/C=C/C/C=C/CCCCCCCC)OC(=O)CCCCCCCCCCCCCCCCC. The first-order chi connectivity index (χ1) is 32.0. The summed E-state index contributed by atoms with van der Waals surface area (Å²) < 4.78 is 16.8. The van der Waals surface area contributed by atoms with E-state index in [2.05, 4.69) is 75.5 Å². The second-order valence-electron chi connectivity index (χ2n) is 18.5. The molecule has 0 aliphatic rings. The predicted molar refractivity (Wildman–Crippen MR) is 279 cm³/mol. The Hall–Kier alpha value is -2.89. The van der Waals surface area contributed by atoms with Crippen molar-refractivity contribution in [2.75, 3.05) is 13.2 Å². The van der Waals surface area contributed by atoms with Gasteiger partial charge in [-0.05, 0) is 70.6 Å². The van der Waals surface area contributed by atoms with Crippen LogP contribution in [-0.2, 0) is 28.6 Å². The zero-order chi connectivity index (χ0) is 47.2. The number of hydrogen-bond donors (Lipinski definition) is 0. The Kier molecular flexibility index (Phi) is 51.3. The molecule has 0 saturated heterocycles. The molecule has 0 N–H and O–H groups in total. The highest BCUT2D eigenvalue weighted by Crippen LogP contribution is 2.16. The van der Waals surface area contributed by atoms with Crippen molar-refractivity contribution < 1.29 is 28.6 Å². The first-order valence-corrected chi connectivity index (χ1v) is 27.8. The molecule has 0 aliphatic carbocycles. The summed E-state index contributed by atoms with van der Waals surface area (Å²) in [5.74, 6) is -0.957. The minimum absolute atomic E-state index is 0.0918. The third kappa shape index (κ3) is 51.9. The molecule has 0 rings (SSSR count). The van der Waals surface area contributed by atoms with Gasteiger partial charge >= 0.3 is 17.9 Å². The summed E-state index contributed by atoms with van der Waals surface area (Å²) in [6, 6.07) is 0. The second kappa shape index (κ2) is 53.7. The Morgan fingerprint density at radius 2 is 0.631 bits per heavy atom. The maximum absolute atomic E-state index is 12.8. The maximum Gasteiger partial charge on any atom is 0.306 e. The number of rotatable bonds is 50. The first-order valence-electron chi connectivity index (χ1n) is 27.8. The van der Waals surface area contributed by atoms with Crippen molar-refractivity contribution in [1.82, 2.24) is 0 Å². The number of carbonyl (C=O) groups excluding carboxylic acids is 3. The van der Waals surface area contributed by atoms with Gasteiger partial charge in [-0.3, -0.25) is 14.4 Å². The van der Waals surface area contributed by atoms with Crippen LogP contribution in [0.1, 0.15) is 278 Å². The van der Waals surface area contributed by atoms with Gasteiger partial charge in [0.05, 0.1) is 0 Å².